The molecule has 32 heavy (non-hydrogen) atoms. The molecule has 0 saturated heterocycles. The molecule has 2 aromatic heterocycles. The Balaban J connectivity index is 1.71. The number of anilines is 3. The van der Waals surface area contributed by atoms with Gasteiger partial charge in [-0.2, -0.15) is 5.10 Å². The van der Waals surface area contributed by atoms with E-state index in [1.54, 1.807) is 16.9 Å². The maximum Gasteiger partial charge on any atom is 0.254 e. The monoisotopic (exact) mass is 439 g/mol. The SMILES string of the molecule is [2H]C([2H])([2H])NC(=O)c1cnc(NC(=O)C2CC(C)C2)cc1Nc1ccc2cnn(CC)c2c1OC. The fourth-order valence-corrected chi connectivity index (χ4v) is 4.06. The number of benzene rings is 1. The highest BCUT2D eigenvalue weighted by atomic mass is 16.5. The zero-order valence-electron chi connectivity index (χ0n) is 21.2. The molecule has 1 saturated carbocycles. The van der Waals surface area contributed by atoms with E-state index < -0.39 is 12.9 Å². The number of nitrogens with zero attached hydrogens (tertiary/aromatic N) is 3. The zero-order chi connectivity index (χ0) is 25.3. The molecule has 9 heteroatoms. The summed E-state index contributed by atoms with van der Waals surface area (Å²) < 4.78 is 29.6. The van der Waals surface area contributed by atoms with Crippen LogP contribution in [0.4, 0.5) is 17.2 Å². The quantitative estimate of drug-likeness (QED) is 0.519. The largest absolute Gasteiger partial charge is 0.492 e. The smallest absolute Gasteiger partial charge is 0.254 e. The van der Waals surface area contributed by atoms with E-state index in [-0.39, 0.29) is 28.9 Å². The highest BCUT2D eigenvalue weighted by molar-refractivity contribution is 6.02. The minimum Gasteiger partial charge on any atom is -0.492 e. The van der Waals surface area contributed by atoms with Crippen molar-refractivity contribution in [2.45, 2.75) is 33.2 Å². The summed E-state index contributed by atoms with van der Waals surface area (Å²) in [5, 5.41) is 13.2. The van der Waals surface area contributed by atoms with E-state index in [1.165, 1.54) is 19.4 Å². The number of nitrogens with one attached hydrogen (secondary N) is 3. The van der Waals surface area contributed by atoms with Crippen molar-refractivity contribution in [3.05, 3.63) is 36.2 Å². The molecule has 0 bridgehead atoms. The molecule has 0 radical (unpaired) electrons. The fraction of sp³-hybridized carbons (Fsp3) is 0.391. The average molecular weight is 440 g/mol. The lowest BCUT2D eigenvalue weighted by Gasteiger charge is -2.31. The minimum atomic E-state index is -2.67. The van der Waals surface area contributed by atoms with Crippen molar-refractivity contribution in [2.24, 2.45) is 11.8 Å². The molecule has 0 aliphatic heterocycles. The molecular formula is C23H28N6O3. The van der Waals surface area contributed by atoms with Gasteiger partial charge in [-0.3, -0.25) is 14.3 Å². The maximum atomic E-state index is 12.7. The van der Waals surface area contributed by atoms with Crippen LogP contribution in [-0.4, -0.2) is 40.7 Å². The van der Waals surface area contributed by atoms with Crippen LogP contribution in [0.2, 0.25) is 0 Å². The number of amides is 2. The molecule has 0 atom stereocenters. The highest BCUT2D eigenvalue weighted by Crippen LogP contribution is 2.37. The molecule has 168 valence electrons. The van der Waals surface area contributed by atoms with Gasteiger partial charge in [0, 0.05) is 41.2 Å². The van der Waals surface area contributed by atoms with Gasteiger partial charge in [-0.15, -0.1) is 0 Å². The number of hydrogen-bond donors (Lipinski definition) is 3. The van der Waals surface area contributed by atoms with Crippen LogP contribution < -0.4 is 20.7 Å². The third kappa shape index (κ3) is 3.98. The number of carbonyl (C=O) groups is 2. The summed E-state index contributed by atoms with van der Waals surface area (Å²) in [4.78, 5) is 29.5. The molecule has 1 aliphatic rings. The molecule has 2 heterocycles. The van der Waals surface area contributed by atoms with E-state index in [2.05, 4.69) is 27.6 Å². The Bertz CT molecular complexity index is 1270. The van der Waals surface area contributed by atoms with Crippen LogP contribution in [0.1, 0.15) is 41.2 Å². The summed E-state index contributed by atoms with van der Waals surface area (Å²) >= 11 is 0. The lowest BCUT2D eigenvalue weighted by Crippen LogP contribution is -2.33. The Morgan fingerprint density at radius 1 is 1.28 bits per heavy atom. The van der Waals surface area contributed by atoms with E-state index >= 15 is 0 Å². The number of ether oxygens (including phenoxy) is 1. The highest BCUT2D eigenvalue weighted by Gasteiger charge is 2.31. The van der Waals surface area contributed by atoms with Crippen molar-refractivity contribution in [3.8, 4) is 5.75 Å². The van der Waals surface area contributed by atoms with Crippen molar-refractivity contribution in [1.29, 1.82) is 0 Å². The van der Waals surface area contributed by atoms with E-state index in [0.29, 0.717) is 23.9 Å². The number of hydrogen-bond acceptors (Lipinski definition) is 6. The van der Waals surface area contributed by atoms with Crippen molar-refractivity contribution in [3.63, 3.8) is 0 Å². The zero-order valence-corrected chi connectivity index (χ0v) is 18.2. The molecule has 1 aliphatic carbocycles. The molecular weight excluding hydrogens is 408 g/mol. The van der Waals surface area contributed by atoms with Crippen molar-refractivity contribution < 1.29 is 18.4 Å². The molecule has 3 N–H and O–H groups in total. The van der Waals surface area contributed by atoms with Crippen LogP contribution in [0.15, 0.2) is 30.6 Å². The Morgan fingerprint density at radius 2 is 2.09 bits per heavy atom. The van der Waals surface area contributed by atoms with Crippen molar-refractivity contribution in [2.75, 3.05) is 24.7 Å². The van der Waals surface area contributed by atoms with E-state index in [1.807, 2.05) is 18.3 Å². The maximum absolute atomic E-state index is 12.7. The second-order valence-corrected chi connectivity index (χ2v) is 8.00. The number of pyridine rings is 1. The molecule has 4 rings (SSSR count). The first-order valence-corrected chi connectivity index (χ1v) is 10.5. The summed E-state index contributed by atoms with van der Waals surface area (Å²) in [6, 6.07) is 5.15. The third-order valence-electron chi connectivity index (χ3n) is 5.79. The summed E-state index contributed by atoms with van der Waals surface area (Å²) in [5.74, 6) is 0.242. The number of aromatic nitrogens is 3. The van der Waals surface area contributed by atoms with Gasteiger partial charge in [0.05, 0.1) is 30.2 Å². The second kappa shape index (κ2) is 8.86. The van der Waals surface area contributed by atoms with Crippen LogP contribution in [0.3, 0.4) is 0 Å². The van der Waals surface area contributed by atoms with Gasteiger partial charge in [-0.25, -0.2) is 4.98 Å². The lowest BCUT2D eigenvalue weighted by atomic mass is 9.76. The Hall–Kier alpha value is -3.62. The standard InChI is InChI=1S/C23H28N6O3/c1-5-29-20-14(11-26-29)6-7-17(21(20)32-4)27-18-10-19(25-12-16(18)23(31)24-3)28-22(30)15-8-13(2)9-15/h6-7,10-13,15H,5,8-9H2,1-4H3,(H,24,31)(H2,25,27,28,30)/i3D3. The summed E-state index contributed by atoms with van der Waals surface area (Å²) in [5.41, 5.74) is 1.58. The Morgan fingerprint density at radius 3 is 2.78 bits per heavy atom. The Kier molecular flexibility index (Phi) is 4.98. The van der Waals surface area contributed by atoms with Crippen LogP contribution in [0.5, 0.6) is 5.75 Å². The van der Waals surface area contributed by atoms with Crippen LogP contribution in [-0.2, 0) is 11.3 Å². The lowest BCUT2D eigenvalue weighted by molar-refractivity contribution is -0.123. The number of fused-ring (bicyclic) bond motifs is 1. The van der Waals surface area contributed by atoms with Gasteiger partial charge in [0.15, 0.2) is 5.75 Å². The van der Waals surface area contributed by atoms with E-state index in [4.69, 9.17) is 8.85 Å². The van der Waals surface area contributed by atoms with E-state index in [0.717, 1.165) is 23.7 Å². The van der Waals surface area contributed by atoms with Crippen LogP contribution in [0.25, 0.3) is 10.9 Å². The Labute approximate surface area is 190 Å². The summed E-state index contributed by atoms with van der Waals surface area (Å²) in [7, 11) is 1.53. The van der Waals surface area contributed by atoms with Crippen LogP contribution >= 0.6 is 0 Å². The van der Waals surface area contributed by atoms with Crippen molar-refractivity contribution >= 4 is 39.9 Å². The molecule has 0 spiro atoms. The topological polar surface area (TPSA) is 110 Å². The molecule has 9 nitrogen and oxygen atoms in total. The van der Waals surface area contributed by atoms with E-state index in [9.17, 15) is 9.59 Å². The predicted molar refractivity (Wildman–Crippen MR) is 123 cm³/mol. The van der Waals surface area contributed by atoms with Gasteiger partial charge in [0.2, 0.25) is 5.91 Å². The fourth-order valence-electron chi connectivity index (χ4n) is 4.06. The number of aryl methyl sites for hydroxylation is 1. The molecule has 0 unspecified atom stereocenters. The van der Waals surface area contributed by atoms with Gasteiger partial charge in [0.1, 0.15) is 11.3 Å². The number of carbonyl (C=O) groups excluding carboxylic acids is 2. The van der Waals surface area contributed by atoms with Crippen molar-refractivity contribution in [1.82, 2.24) is 20.1 Å². The van der Waals surface area contributed by atoms with Gasteiger partial charge >= 0.3 is 0 Å². The number of methoxy groups -OCH3 is 1. The first-order chi connectivity index (χ1) is 16.6. The van der Waals surface area contributed by atoms with Gasteiger partial charge in [-0.1, -0.05) is 6.92 Å². The van der Waals surface area contributed by atoms with Gasteiger partial charge < -0.3 is 20.7 Å². The third-order valence-corrected chi connectivity index (χ3v) is 5.79. The predicted octanol–water partition coefficient (Wildman–Crippen LogP) is 3.55. The van der Waals surface area contributed by atoms with Gasteiger partial charge in [-0.05, 0) is 37.8 Å². The summed E-state index contributed by atoms with van der Waals surface area (Å²) in [6.07, 6.45) is 4.61. The molecule has 2 amide bonds. The average Bonchev–Trinajstić information content (AvgIpc) is 3.19. The van der Waals surface area contributed by atoms with Crippen LogP contribution in [0, 0.1) is 11.8 Å². The summed E-state index contributed by atoms with van der Waals surface area (Å²) in [6.45, 7) is 2.01. The second-order valence-electron chi connectivity index (χ2n) is 8.00. The molecule has 1 fully saturated rings. The number of rotatable bonds is 7. The normalized spacial score (nSPS) is 19.3. The van der Waals surface area contributed by atoms with Gasteiger partial charge in [0.25, 0.3) is 5.91 Å². The first kappa shape index (κ1) is 18.0. The molecule has 3 aromatic rings. The minimum absolute atomic E-state index is 0.00235. The first-order valence-electron chi connectivity index (χ1n) is 12.0. The molecule has 1 aromatic carbocycles.